The van der Waals surface area contributed by atoms with Gasteiger partial charge in [-0.1, -0.05) is 13.5 Å². The second kappa shape index (κ2) is 7.09. The van der Waals surface area contributed by atoms with Gasteiger partial charge in [-0.15, -0.1) is 0 Å². The maximum absolute atomic E-state index is 13.5. The highest BCUT2D eigenvalue weighted by Crippen LogP contribution is 2.66. The largest absolute Gasteiger partial charge is 0.459 e. The van der Waals surface area contributed by atoms with Crippen molar-refractivity contribution < 1.29 is 19.1 Å². The van der Waals surface area contributed by atoms with Crippen LogP contribution in [-0.2, 0) is 19.1 Å². The standard InChI is InChI=1S/C27H38O4/c1-4-23(28)30-15(3)20-5-14(2)24-21-9-19(25(20)24)10-22(21)26(29)31-27-11-16-6-17(12-27)8-18(7-16)13-27/h4,14-22,24-25H,1,5-13H2,2-3H3. The van der Waals surface area contributed by atoms with Crippen molar-refractivity contribution >= 4 is 11.9 Å². The predicted molar refractivity (Wildman–Crippen MR) is 117 cm³/mol. The third-order valence-electron chi connectivity index (χ3n) is 10.6. The smallest absolute Gasteiger partial charge is 0.330 e. The number of hydrogen-bond acceptors (Lipinski definition) is 4. The summed E-state index contributed by atoms with van der Waals surface area (Å²) in [5.74, 6) is 5.58. The lowest BCUT2D eigenvalue weighted by Crippen LogP contribution is -2.53. The van der Waals surface area contributed by atoms with Gasteiger partial charge in [0, 0.05) is 6.08 Å². The molecule has 7 rings (SSSR count). The zero-order valence-corrected chi connectivity index (χ0v) is 19.1. The van der Waals surface area contributed by atoms with Crippen LogP contribution in [0.15, 0.2) is 12.7 Å². The van der Waals surface area contributed by atoms with E-state index in [2.05, 4.69) is 13.5 Å². The molecule has 0 amide bonds. The Kier molecular flexibility index (Phi) is 4.64. The fourth-order valence-electron chi connectivity index (χ4n) is 10.2. The topological polar surface area (TPSA) is 52.6 Å². The molecule has 0 saturated heterocycles. The van der Waals surface area contributed by atoms with Crippen LogP contribution in [0.25, 0.3) is 0 Å². The van der Waals surface area contributed by atoms with E-state index in [4.69, 9.17) is 9.47 Å². The maximum Gasteiger partial charge on any atom is 0.330 e. The minimum atomic E-state index is -0.316. The number of hydrogen-bond donors (Lipinski definition) is 0. The van der Waals surface area contributed by atoms with Crippen LogP contribution >= 0.6 is 0 Å². The Hall–Kier alpha value is -1.32. The van der Waals surface area contributed by atoms with Gasteiger partial charge < -0.3 is 9.47 Å². The number of fused-ring (bicyclic) bond motifs is 5. The van der Waals surface area contributed by atoms with Crippen molar-refractivity contribution in [3.05, 3.63) is 12.7 Å². The molecular weight excluding hydrogens is 388 g/mol. The molecule has 0 aromatic heterocycles. The number of ether oxygens (including phenoxy) is 2. The highest BCUT2D eigenvalue weighted by molar-refractivity contribution is 5.81. The predicted octanol–water partition coefficient (Wildman–Crippen LogP) is 5.16. The van der Waals surface area contributed by atoms with Crippen LogP contribution in [0.4, 0.5) is 0 Å². The van der Waals surface area contributed by atoms with Gasteiger partial charge in [0.15, 0.2) is 0 Å². The van der Waals surface area contributed by atoms with E-state index in [-0.39, 0.29) is 29.6 Å². The summed E-state index contributed by atoms with van der Waals surface area (Å²) in [6.07, 6.45) is 12.0. The summed E-state index contributed by atoms with van der Waals surface area (Å²) >= 11 is 0. The molecule has 8 unspecified atom stereocenters. The summed E-state index contributed by atoms with van der Waals surface area (Å²) in [5.41, 5.74) is -0.121. The first-order valence-corrected chi connectivity index (χ1v) is 12.9. The molecule has 7 saturated carbocycles. The van der Waals surface area contributed by atoms with Crippen molar-refractivity contribution in [2.75, 3.05) is 0 Å². The summed E-state index contributed by atoms with van der Waals surface area (Å²) in [5, 5.41) is 0. The normalized spacial score (nSPS) is 52.1. The van der Waals surface area contributed by atoms with Gasteiger partial charge in [-0.25, -0.2) is 4.79 Å². The van der Waals surface area contributed by atoms with Gasteiger partial charge in [-0.3, -0.25) is 4.79 Å². The quantitative estimate of drug-likeness (QED) is 0.450. The monoisotopic (exact) mass is 426 g/mol. The minimum absolute atomic E-state index is 0.0697. The van der Waals surface area contributed by atoms with Crippen molar-refractivity contribution in [3.63, 3.8) is 0 Å². The first kappa shape index (κ1) is 20.3. The molecule has 0 heterocycles. The fraction of sp³-hybridized carbons (Fsp3) is 0.852. The summed E-state index contributed by atoms with van der Waals surface area (Å²) < 4.78 is 12.1. The Morgan fingerprint density at radius 3 is 2.23 bits per heavy atom. The summed E-state index contributed by atoms with van der Waals surface area (Å²) in [7, 11) is 0. The van der Waals surface area contributed by atoms with Crippen molar-refractivity contribution in [3.8, 4) is 0 Å². The molecule has 0 aromatic carbocycles. The Balaban J connectivity index is 1.15. The Bertz CT molecular complexity index is 751. The second-order valence-corrected chi connectivity index (χ2v) is 12.4. The van der Waals surface area contributed by atoms with Gasteiger partial charge in [-0.05, 0) is 118 Å². The van der Waals surface area contributed by atoms with E-state index in [1.165, 1.54) is 31.8 Å². The molecule has 0 spiro atoms. The van der Waals surface area contributed by atoms with E-state index in [0.29, 0.717) is 35.5 Å². The average Bonchev–Trinajstić information content (AvgIpc) is 3.38. The summed E-state index contributed by atoms with van der Waals surface area (Å²) in [6, 6.07) is 0. The molecule has 6 bridgehead atoms. The zero-order valence-electron chi connectivity index (χ0n) is 19.1. The van der Waals surface area contributed by atoms with Crippen LogP contribution in [0.5, 0.6) is 0 Å². The van der Waals surface area contributed by atoms with E-state index >= 15 is 0 Å². The third-order valence-corrected chi connectivity index (χ3v) is 10.6. The van der Waals surface area contributed by atoms with Crippen LogP contribution in [0.3, 0.4) is 0 Å². The summed E-state index contributed by atoms with van der Waals surface area (Å²) in [6.45, 7) is 7.94. The molecule has 4 heteroatoms. The van der Waals surface area contributed by atoms with Crippen LogP contribution in [-0.4, -0.2) is 23.6 Å². The molecule has 7 fully saturated rings. The van der Waals surface area contributed by atoms with Crippen molar-refractivity contribution in [1.82, 2.24) is 0 Å². The van der Waals surface area contributed by atoms with Gasteiger partial charge in [0.1, 0.15) is 11.7 Å². The molecule has 170 valence electrons. The van der Waals surface area contributed by atoms with Gasteiger partial charge in [0.05, 0.1) is 5.92 Å². The lowest BCUT2D eigenvalue weighted by atomic mass is 9.54. The molecular formula is C27H38O4. The number of carbonyl (C=O) groups is 2. The molecule has 31 heavy (non-hydrogen) atoms. The first-order chi connectivity index (χ1) is 14.9. The highest BCUT2D eigenvalue weighted by Gasteiger charge is 2.63. The van der Waals surface area contributed by atoms with E-state index in [1.807, 2.05) is 6.92 Å². The lowest BCUT2D eigenvalue weighted by Gasteiger charge is -2.56. The molecule has 8 atom stereocenters. The van der Waals surface area contributed by atoms with Crippen LogP contribution in [0, 0.1) is 59.2 Å². The van der Waals surface area contributed by atoms with E-state index in [1.54, 1.807) is 0 Å². The van der Waals surface area contributed by atoms with Gasteiger partial charge in [0.25, 0.3) is 0 Å². The van der Waals surface area contributed by atoms with Crippen LogP contribution in [0.2, 0.25) is 0 Å². The van der Waals surface area contributed by atoms with Gasteiger partial charge in [-0.2, -0.15) is 0 Å². The molecule has 0 radical (unpaired) electrons. The van der Waals surface area contributed by atoms with Crippen molar-refractivity contribution in [2.45, 2.75) is 83.3 Å². The summed E-state index contributed by atoms with van der Waals surface area (Å²) in [4.78, 5) is 25.3. The molecule has 0 N–H and O–H groups in total. The second-order valence-electron chi connectivity index (χ2n) is 12.4. The van der Waals surface area contributed by atoms with E-state index in [9.17, 15) is 9.59 Å². The highest BCUT2D eigenvalue weighted by atomic mass is 16.6. The SMILES string of the molecule is C=CC(=O)OC(C)C1CC(C)C2C3CC(CC3C(=O)OC34CC5CC(CC(C5)C3)C4)C12. The number of rotatable bonds is 5. The van der Waals surface area contributed by atoms with Crippen molar-refractivity contribution in [2.24, 2.45) is 59.2 Å². The van der Waals surface area contributed by atoms with E-state index < -0.39 is 0 Å². The van der Waals surface area contributed by atoms with Gasteiger partial charge in [0.2, 0.25) is 0 Å². The Morgan fingerprint density at radius 2 is 1.61 bits per heavy atom. The minimum Gasteiger partial charge on any atom is -0.459 e. The molecule has 7 aliphatic carbocycles. The fourth-order valence-corrected chi connectivity index (χ4v) is 10.2. The third kappa shape index (κ3) is 3.14. The van der Waals surface area contributed by atoms with Crippen LogP contribution in [0.1, 0.15) is 71.6 Å². The van der Waals surface area contributed by atoms with E-state index in [0.717, 1.165) is 49.9 Å². The Labute approximate surface area is 186 Å². The van der Waals surface area contributed by atoms with Crippen molar-refractivity contribution in [1.29, 1.82) is 0 Å². The molecule has 7 aliphatic rings. The first-order valence-electron chi connectivity index (χ1n) is 12.9. The van der Waals surface area contributed by atoms with Gasteiger partial charge >= 0.3 is 11.9 Å². The number of carbonyl (C=O) groups excluding carboxylic acids is 2. The van der Waals surface area contributed by atoms with Crippen LogP contribution < -0.4 is 0 Å². The zero-order chi connectivity index (χ0) is 21.5. The maximum atomic E-state index is 13.5. The molecule has 0 aromatic rings. The Morgan fingerprint density at radius 1 is 0.968 bits per heavy atom. The molecule has 0 aliphatic heterocycles. The lowest BCUT2D eigenvalue weighted by molar-refractivity contribution is -0.193. The number of esters is 2. The average molecular weight is 427 g/mol. The molecule has 4 nitrogen and oxygen atoms in total.